The topological polar surface area (TPSA) is 0 Å². The van der Waals surface area contributed by atoms with Crippen molar-refractivity contribution >= 4 is 0 Å². The number of alkyl halides is 2. The lowest BCUT2D eigenvalue weighted by Gasteiger charge is -2.32. The predicted molar refractivity (Wildman–Crippen MR) is 55.5 cm³/mol. The molecule has 0 bridgehead atoms. The largest absolute Gasteiger partial charge is 0.241 e. The molecule has 0 aliphatic heterocycles. The van der Waals surface area contributed by atoms with Crippen LogP contribution in [0.15, 0.2) is 0 Å². The molecule has 0 unspecified atom stereocenters. The van der Waals surface area contributed by atoms with Gasteiger partial charge in [0.1, 0.15) is 0 Å². The fourth-order valence-corrected chi connectivity index (χ4v) is 2.51. The van der Waals surface area contributed by atoms with Gasteiger partial charge in [-0.25, -0.2) is 8.78 Å². The second-order valence-electron chi connectivity index (χ2n) is 5.88. The molecule has 0 saturated heterocycles. The summed E-state index contributed by atoms with van der Waals surface area (Å²) in [5.41, 5.74) is 0.350. The van der Waals surface area contributed by atoms with Gasteiger partial charge in [-0.3, -0.25) is 0 Å². The highest BCUT2D eigenvalue weighted by Gasteiger charge is 2.29. The van der Waals surface area contributed by atoms with E-state index >= 15 is 0 Å². The molecular weight excluding hydrogens is 182 g/mol. The van der Waals surface area contributed by atoms with Crippen molar-refractivity contribution in [3.05, 3.63) is 0 Å². The average molecular weight is 204 g/mol. The normalized spacial score (nSPS) is 29.6. The Morgan fingerprint density at radius 1 is 1.07 bits per heavy atom. The highest BCUT2D eigenvalue weighted by Crippen LogP contribution is 2.38. The molecule has 1 aliphatic carbocycles. The molecule has 0 atom stereocenters. The smallest absolute Gasteiger partial charge is 0.210 e. The van der Waals surface area contributed by atoms with E-state index in [0.717, 1.165) is 25.7 Å². The van der Waals surface area contributed by atoms with E-state index in [0.29, 0.717) is 11.3 Å². The lowest BCUT2D eigenvalue weighted by molar-refractivity contribution is 0.0420. The maximum atomic E-state index is 12.4. The summed E-state index contributed by atoms with van der Waals surface area (Å²) in [5.74, 6) is 0.371. The van der Waals surface area contributed by atoms with Crippen molar-refractivity contribution in [1.29, 1.82) is 0 Å². The standard InChI is InChI=1S/C12H22F2/c1-12(2,3)8-9-4-6-10(7-5-9)11(13)14/h9-11H,4-8H2,1-3H3. The molecule has 0 N–H and O–H groups in total. The summed E-state index contributed by atoms with van der Waals surface area (Å²) in [6, 6.07) is 0. The van der Waals surface area contributed by atoms with Gasteiger partial charge in [-0.1, -0.05) is 20.8 Å². The van der Waals surface area contributed by atoms with Gasteiger partial charge in [-0.05, 0) is 43.4 Å². The maximum Gasteiger partial charge on any atom is 0.241 e. The molecule has 84 valence electrons. The van der Waals surface area contributed by atoms with Gasteiger partial charge in [-0.15, -0.1) is 0 Å². The Labute approximate surface area is 86.1 Å². The number of halogens is 2. The van der Waals surface area contributed by atoms with Crippen molar-refractivity contribution in [2.24, 2.45) is 17.3 Å². The first-order chi connectivity index (χ1) is 6.38. The second kappa shape index (κ2) is 4.59. The van der Waals surface area contributed by atoms with Crippen LogP contribution in [-0.2, 0) is 0 Å². The van der Waals surface area contributed by atoms with Gasteiger partial charge in [0, 0.05) is 5.92 Å². The monoisotopic (exact) mass is 204 g/mol. The Bertz CT molecular complexity index is 162. The molecule has 1 fully saturated rings. The summed E-state index contributed by atoms with van der Waals surface area (Å²) < 4.78 is 24.8. The molecular formula is C12H22F2. The fourth-order valence-electron chi connectivity index (χ4n) is 2.51. The van der Waals surface area contributed by atoms with E-state index in [2.05, 4.69) is 20.8 Å². The Kier molecular flexibility index (Phi) is 3.91. The van der Waals surface area contributed by atoms with Crippen molar-refractivity contribution in [3.63, 3.8) is 0 Å². The zero-order valence-corrected chi connectivity index (χ0v) is 9.52. The molecule has 0 heterocycles. The maximum absolute atomic E-state index is 12.4. The third-order valence-corrected chi connectivity index (χ3v) is 3.15. The van der Waals surface area contributed by atoms with Crippen LogP contribution in [0, 0.1) is 17.3 Å². The number of hydrogen-bond acceptors (Lipinski definition) is 0. The Hall–Kier alpha value is -0.140. The Morgan fingerprint density at radius 2 is 1.57 bits per heavy atom. The molecule has 0 aromatic heterocycles. The SMILES string of the molecule is CC(C)(C)CC1CCC(C(F)F)CC1. The fraction of sp³-hybridized carbons (Fsp3) is 1.00. The molecule has 0 aromatic rings. The van der Waals surface area contributed by atoms with Gasteiger partial charge in [0.25, 0.3) is 0 Å². The Balaban J connectivity index is 2.29. The van der Waals surface area contributed by atoms with Crippen LogP contribution in [0.4, 0.5) is 8.78 Å². The van der Waals surface area contributed by atoms with E-state index in [1.807, 2.05) is 0 Å². The lowest BCUT2D eigenvalue weighted by atomic mass is 9.75. The minimum atomic E-state index is -2.09. The molecule has 0 amide bonds. The van der Waals surface area contributed by atoms with Crippen LogP contribution >= 0.6 is 0 Å². The number of rotatable bonds is 2. The third-order valence-electron chi connectivity index (χ3n) is 3.15. The summed E-state index contributed by atoms with van der Waals surface area (Å²) in [6.07, 6.45) is 2.57. The van der Waals surface area contributed by atoms with Gasteiger partial charge in [0.15, 0.2) is 0 Å². The summed E-state index contributed by atoms with van der Waals surface area (Å²) >= 11 is 0. The van der Waals surface area contributed by atoms with Gasteiger partial charge >= 0.3 is 0 Å². The zero-order chi connectivity index (χ0) is 10.8. The molecule has 1 rings (SSSR count). The van der Waals surface area contributed by atoms with Crippen LogP contribution in [0.3, 0.4) is 0 Å². The molecule has 0 aromatic carbocycles. The minimum absolute atomic E-state index is 0.314. The van der Waals surface area contributed by atoms with E-state index in [4.69, 9.17) is 0 Å². The molecule has 1 aliphatic rings. The third kappa shape index (κ3) is 3.93. The van der Waals surface area contributed by atoms with E-state index in [1.54, 1.807) is 0 Å². The molecule has 0 radical (unpaired) electrons. The van der Waals surface area contributed by atoms with Crippen LogP contribution in [0.1, 0.15) is 52.9 Å². The van der Waals surface area contributed by atoms with Gasteiger partial charge < -0.3 is 0 Å². The van der Waals surface area contributed by atoms with Crippen molar-refractivity contribution < 1.29 is 8.78 Å². The first-order valence-corrected chi connectivity index (χ1v) is 5.66. The summed E-state index contributed by atoms with van der Waals surface area (Å²) in [4.78, 5) is 0. The second-order valence-corrected chi connectivity index (χ2v) is 5.88. The van der Waals surface area contributed by atoms with Crippen LogP contribution in [0.25, 0.3) is 0 Å². The van der Waals surface area contributed by atoms with Crippen molar-refractivity contribution in [2.45, 2.75) is 59.3 Å². The van der Waals surface area contributed by atoms with Crippen LogP contribution in [-0.4, -0.2) is 6.43 Å². The summed E-state index contributed by atoms with van der Waals surface area (Å²) in [5, 5.41) is 0. The van der Waals surface area contributed by atoms with Crippen LogP contribution in [0.5, 0.6) is 0 Å². The van der Waals surface area contributed by atoms with Crippen molar-refractivity contribution in [2.75, 3.05) is 0 Å². The molecule has 14 heavy (non-hydrogen) atoms. The van der Waals surface area contributed by atoms with E-state index in [9.17, 15) is 8.78 Å². The highest BCUT2D eigenvalue weighted by molar-refractivity contribution is 4.77. The van der Waals surface area contributed by atoms with E-state index < -0.39 is 6.43 Å². The molecule has 0 spiro atoms. The van der Waals surface area contributed by atoms with Gasteiger partial charge in [0.05, 0.1) is 0 Å². The quantitative estimate of drug-likeness (QED) is 0.621. The van der Waals surface area contributed by atoms with Crippen molar-refractivity contribution in [1.82, 2.24) is 0 Å². The molecule has 2 heteroatoms. The van der Waals surface area contributed by atoms with Crippen LogP contribution < -0.4 is 0 Å². The molecule has 0 nitrogen and oxygen atoms in total. The summed E-state index contributed by atoms with van der Waals surface area (Å²) in [6.45, 7) is 6.69. The zero-order valence-electron chi connectivity index (χ0n) is 9.52. The number of hydrogen-bond donors (Lipinski definition) is 0. The van der Waals surface area contributed by atoms with Crippen LogP contribution in [0.2, 0.25) is 0 Å². The van der Waals surface area contributed by atoms with Crippen molar-refractivity contribution in [3.8, 4) is 0 Å². The van der Waals surface area contributed by atoms with E-state index in [1.165, 1.54) is 6.42 Å². The summed E-state index contributed by atoms with van der Waals surface area (Å²) in [7, 11) is 0. The van der Waals surface area contributed by atoms with Gasteiger partial charge in [-0.2, -0.15) is 0 Å². The minimum Gasteiger partial charge on any atom is -0.210 e. The Morgan fingerprint density at radius 3 is 1.93 bits per heavy atom. The highest BCUT2D eigenvalue weighted by atomic mass is 19.3. The molecule has 1 saturated carbocycles. The predicted octanol–water partition coefficient (Wildman–Crippen LogP) is 4.49. The van der Waals surface area contributed by atoms with E-state index in [-0.39, 0.29) is 5.92 Å². The first kappa shape index (κ1) is 11.9. The first-order valence-electron chi connectivity index (χ1n) is 5.66. The van der Waals surface area contributed by atoms with Gasteiger partial charge in [0.2, 0.25) is 6.43 Å². The average Bonchev–Trinajstić information content (AvgIpc) is 2.02. The lowest BCUT2D eigenvalue weighted by Crippen LogP contribution is -2.23.